The van der Waals surface area contributed by atoms with Crippen LogP contribution in [0.3, 0.4) is 0 Å². The van der Waals surface area contributed by atoms with Crippen molar-refractivity contribution in [1.29, 1.82) is 0 Å². The third-order valence-corrected chi connectivity index (χ3v) is 1.67. The van der Waals surface area contributed by atoms with Gasteiger partial charge in [-0.2, -0.15) is 5.48 Å². The lowest BCUT2D eigenvalue weighted by atomic mass is 10.0. The number of likely N-dealkylation sites (N-methyl/N-ethyl adjacent to an activating group) is 1. The third kappa shape index (κ3) is 5.52. The number of carbonyl (C=O) groups excluding carboxylic acids is 3. The Kier molecular flexibility index (Phi) is 6.43. The average Bonchev–Trinajstić information content (AvgIpc) is 2.16. The van der Waals surface area contributed by atoms with Gasteiger partial charge in [-0.05, 0) is 0 Å². The number of hydrogen-bond acceptors (Lipinski definition) is 5. The van der Waals surface area contributed by atoms with Gasteiger partial charge in [0.1, 0.15) is 0 Å². The van der Waals surface area contributed by atoms with Crippen molar-refractivity contribution in [3.63, 3.8) is 0 Å². The summed E-state index contributed by atoms with van der Waals surface area (Å²) in [6.45, 7) is -1.05. The van der Waals surface area contributed by atoms with Gasteiger partial charge in [0.15, 0.2) is 7.85 Å². The Morgan fingerprint density at radius 2 is 1.81 bits per heavy atom. The van der Waals surface area contributed by atoms with Gasteiger partial charge in [0.25, 0.3) is 0 Å². The van der Waals surface area contributed by atoms with E-state index in [2.05, 4.69) is 0 Å². The predicted molar refractivity (Wildman–Crippen MR) is 55.7 cm³/mol. The van der Waals surface area contributed by atoms with E-state index in [0.29, 0.717) is 4.81 Å². The van der Waals surface area contributed by atoms with E-state index < -0.39 is 30.6 Å². The second-order valence-electron chi connectivity index (χ2n) is 3.07. The highest BCUT2D eigenvalue weighted by Gasteiger charge is 2.15. The van der Waals surface area contributed by atoms with Crippen molar-refractivity contribution < 1.29 is 19.6 Å². The normalized spacial score (nSPS) is 9.62. The molecule has 2 amide bonds. The van der Waals surface area contributed by atoms with Gasteiger partial charge in [-0.1, -0.05) is 0 Å². The Morgan fingerprint density at radius 1 is 1.25 bits per heavy atom. The Bertz CT molecular complexity index is 287. The molecule has 0 aromatic heterocycles. The molecule has 0 heterocycles. The summed E-state index contributed by atoms with van der Waals surface area (Å²) in [6.07, 6.45) is 0. The van der Waals surface area contributed by atoms with E-state index in [0.717, 1.165) is 4.90 Å². The van der Waals surface area contributed by atoms with Crippen LogP contribution in [0.15, 0.2) is 0 Å². The second-order valence-corrected chi connectivity index (χ2v) is 3.07. The smallest absolute Gasteiger partial charge is 0.241 e. The molecule has 0 aromatic carbocycles. The molecule has 4 radical (unpaired) electrons. The summed E-state index contributed by atoms with van der Waals surface area (Å²) in [5.74, 6) is -1.20. The molecule has 2 N–H and O–H groups in total. The van der Waals surface area contributed by atoms with Crippen LogP contribution < -0.4 is 5.48 Å². The quantitative estimate of drug-likeness (QED) is 0.370. The van der Waals surface area contributed by atoms with Crippen molar-refractivity contribution in [2.45, 2.75) is 0 Å². The fraction of sp³-hybridized carbons (Fsp3) is 0.571. The Balaban J connectivity index is 4.12. The standard InChI is InChI=1S/C7H11B2N3O4/c1-11(3-5(8)13)7(15)4-12(9)6(14)2-10-16/h10,16H,2-4H2,1H3. The lowest BCUT2D eigenvalue weighted by Crippen LogP contribution is -2.44. The second kappa shape index (κ2) is 7.02. The molecule has 0 aromatic rings. The van der Waals surface area contributed by atoms with E-state index in [9.17, 15) is 14.4 Å². The molecule has 0 fully saturated rings. The topological polar surface area (TPSA) is 90.0 Å². The zero-order valence-corrected chi connectivity index (χ0v) is 8.84. The molecule has 0 atom stereocenters. The molecule has 0 aliphatic carbocycles. The van der Waals surface area contributed by atoms with Crippen molar-refractivity contribution in [2.24, 2.45) is 0 Å². The van der Waals surface area contributed by atoms with Gasteiger partial charge in [0, 0.05) is 7.05 Å². The Hall–Kier alpha value is -1.34. The SMILES string of the molecule is [B]C(=O)CN(C)C(=O)CN([B])C(=O)CNO. The molecular weight excluding hydrogens is 212 g/mol. The largest absolute Gasteiger partial charge is 0.387 e. The highest BCUT2D eigenvalue weighted by atomic mass is 16.5. The van der Waals surface area contributed by atoms with Gasteiger partial charge in [-0.15, -0.1) is 0 Å². The molecule has 0 bridgehead atoms. The van der Waals surface area contributed by atoms with E-state index in [1.807, 2.05) is 0 Å². The van der Waals surface area contributed by atoms with Crippen molar-refractivity contribution in [1.82, 2.24) is 15.2 Å². The highest BCUT2D eigenvalue weighted by Crippen LogP contribution is 1.89. The molecule has 16 heavy (non-hydrogen) atoms. The molecule has 0 saturated heterocycles. The number of nitrogens with zero attached hydrogens (tertiary/aromatic N) is 2. The zero-order valence-electron chi connectivity index (χ0n) is 8.84. The van der Waals surface area contributed by atoms with Gasteiger partial charge in [-0.3, -0.25) is 9.59 Å². The summed E-state index contributed by atoms with van der Waals surface area (Å²) in [7, 11) is 11.5. The summed E-state index contributed by atoms with van der Waals surface area (Å²) in [5.41, 5.74) is 0.949. The van der Waals surface area contributed by atoms with Gasteiger partial charge >= 0.3 is 0 Å². The first-order chi connectivity index (χ1) is 7.38. The van der Waals surface area contributed by atoms with Gasteiger partial charge < -0.3 is 19.7 Å². The molecule has 0 aliphatic rings. The maximum Gasteiger partial charge on any atom is 0.241 e. The minimum absolute atomic E-state index is 0.251. The molecule has 9 heteroatoms. The van der Waals surface area contributed by atoms with Crippen molar-refractivity contribution in [3.05, 3.63) is 0 Å². The van der Waals surface area contributed by atoms with E-state index in [1.165, 1.54) is 7.05 Å². The predicted octanol–water partition coefficient (Wildman–Crippen LogP) is -2.97. The number of amides is 2. The molecule has 7 nitrogen and oxygen atoms in total. The summed E-state index contributed by atoms with van der Waals surface area (Å²) >= 11 is 0. The van der Waals surface area contributed by atoms with Gasteiger partial charge in [0.2, 0.25) is 19.8 Å². The first-order valence-corrected chi connectivity index (χ1v) is 4.32. The van der Waals surface area contributed by atoms with E-state index >= 15 is 0 Å². The molecular formula is C7H11B2N3O4. The van der Waals surface area contributed by atoms with Crippen LogP contribution in [-0.4, -0.2) is 74.9 Å². The maximum absolute atomic E-state index is 11.4. The molecule has 0 unspecified atom stereocenters. The van der Waals surface area contributed by atoms with Crippen LogP contribution in [0.5, 0.6) is 0 Å². The molecule has 0 spiro atoms. The Morgan fingerprint density at radius 3 is 2.25 bits per heavy atom. The number of carbonyl (C=O) groups is 3. The number of rotatable bonds is 6. The van der Waals surface area contributed by atoms with Crippen LogP contribution in [0.25, 0.3) is 0 Å². The van der Waals surface area contributed by atoms with Gasteiger partial charge in [-0.25, -0.2) is 0 Å². The van der Waals surface area contributed by atoms with Crippen LogP contribution >= 0.6 is 0 Å². The average molecular weight is 223 g/mol. The number of hydrogen-bond donors (Lipinski definition) is 2. The zero-order chi connectivity index (χ0) is 12.7. The van der Waals surface area contributed by atoms with Gasteiger partial charge in [0.05, 0.1) is 25.3 Å². The fourth-order valence-corrected chi connectivity index (χ4v) is 0.846. The van der Waals surface area contributed by atoms with Crippen LogP contribution in [0.1, 0.15) is 0 Å². The number of hydroxylamine groups is 1. The minimum atomic E-state index is -0.664. The number of nitrogens with one attached hydrogen (secondary N) is 1. The van der Waals surface area contributed by atoms with Crippen LogP contribution in [0.4, 0.5) is 0 Å². The summed E-state index contributed by atoms with van der Waals surface area (Å²) in [4.78, 5) is 34.6. The van der Waals surface area contributed by atoms with Crippen molar-refractivity contribution >= 4 is 33.3 Å². The van der Waals surface area contributed by atoms with Crippen molar-refractivity contribution in [2.75, 3.05) is 26.7 Å². The summed E-state index contributed by atoms with van der Waals surface area (Å²) in [6, 6.07) is 0. The Labute approximate surface area is 95.6 Å². The first-order valence-electron chi connectivity index (χ1n) is 4.32. The highest BCUT2D eigenvalue weighted by molar-refractivity contribution is 6.58. The first kappa shape index (κ1) is 14.7. The third-order valence-electron chi connectivity index (χ3n) is 1.67. The lowest BCUT2D eigenvalue weighted by Gasteiger charge is -2.21. The van der Waals surface area contributed by atoms with E-state index in [4.69, 9.17) is 21.0 Å². The minimum Gasteiger partial charge on any atom is -0.387 e. The molecule has 0 saturated carbocycles. The fourth-order valence-electron chi connectivity index (χ4n) is 0.846. The van der Waals surface area contributed by atoms with E-state index in [1.54, 1.807) is 5.48 Å². The van der Waals surface area contributed by atoms with Crippen molar-refractivity contribution in [3.8, 4) is 0 Å². The van der Waals surface area contributed by atoms with Crippen LogP contribution in [-0.2, 0) is 14.4 Å². The summed E-state index contributed by atoms with van der Waals surface area (Å²) < 4.78 is 0. The molecule has 0 aliphatic heterocycles. The van der Waals surface area contributed by atoms with Crippen LogP contribution in [0.2, 0.25) is 0 Å². The van der Waals surface area contributed by atoms with E-state index in [-0.39, 0.29) is 6.54 Å². The van der Waals surface area contributed by atoms with Crippen LogP contribution in [0, 0.1) is 0 Å². The monoisotopic (exact) mass is 223 g/mol. The summed E-state index contributed by atoms with van der Waals surface area (Å²) in [5, 5.41) is 8.24. The maximum atomic E-state index is 11.4. The lowest BCUT2D eigenvalue weighted by molar-refractivity contribution is -0.137. The molecule has 0 rings (SSSR count). The molecule has 84 valence electrons.